The molecule has 2 unspecified atom stereocenters. The Hall–Kier alpha value is -0.600. The zero-order valence-corrected chi connectivity index (χ0v) is 23.2. The van der Waals surface area contributed by atoms with E-state index in [1.807, 2.05) is 13.8 Å². The number of nitrogens with one attached hydrogen (secondary N) is 2. The van der Waals surface area contributed by atoms with Crippen LogP contribution in [0.25, 0.3) is 0 Å². The van der Waals surface area contributed by atoms with Crippen LogP contribution in [-0.4, -0.2) is 105 Å². The summed E-state index contributed by atoms with van der Waals surface area (Å²) in [7, 11) is 3.24. The van der Waals surface area contributed by atoms with Crippen LogP contribution in [0.15, 0.2) is 0 Å². The van der Waals surface area contributed by atoms with Crippen LogP contribution in [0, 0.1) is 10.8 Å². The Balaban J connectivity index is 4.39. The molecule has 0 bridgehead atoms. The number of hydrogen-bond acceptors (Lipinski definition) is 10. The lowest BCUT2D eigenvalue weighted by Crippen LogP contribution is -2.53. The summed E-state index contributed by atoms with van der Waals surface area (Å²) in [6.45, 7) is 11.9. The Kier molecular flexibility index (Phi) is 16.7. The molecule has 6 N–H and O–H groups in total. The van der Waals surface area contributed by atoms with Gasteiger partial charge in [-0.2, -0.15) is 0 Å². The third-order valence-electron chi connectivity index (χ3n) is 5.25. The second kappa shape index (κ2) is 17.0. The standard InChI is InChI=1S/C22H46N4O6S2/c1-7-11-25(19(31)17(29)21(3,4)15-27)23-9-13-33-34-14-10-24-26(12-8-2)20(32)18(30)22(5,6)16-28/h17-18,23-24,27-30H,7-16H2,1-6H3. The molecule has 10 nitrogen and oxygen atoms in total. The van der Waals surface area contributed by atoms with Crippen LogP contribution >= 0.6 is 21.6 Å². The van der Waals surface area contributed by atoms with E-state index in [9.17, 15) is 30.0 Å². The van der Waals surface area contributed by atoms with Crippen molar-refractivity contribution in [2.24, 2.45) is 10.8 Å². The molecule has 0 aliphatic heterocycles. The number of aliphatic hydroxyl groups is 4. The van der Waals surface area contributed by atoms with E-state index >= 15 is 0 Å². The minimum absolute atomic E-state index is 0.292. The highest BCUT2D eigenvalue weighted by Gasteiger charge is 2.36. The number of carbonyl (C=O) groups excluding carboxylic acids is 2. The minimum atomic E-state index is -1.29. The lowest BCUT2D eigenvalue weighted by atomic mass is 9.87. The van der Waals surface area contributed by atoms with Crippen molar-refractivity contribution < 1.29 is 30.0 Å². The van der Waals surface area contributed by atoms with E-state index in [0.29, 0.717) is 26.2 Å². The van der Waals surface area contributed by atoms with E-state index in [-0.39, 0.29) is 13.2 Å². The average Bonchev–Trinajstić information content (AvgIpc) is 2.82. The van der Waals surface area contributed by atoms with E-state index in [0.717, 1.165) is 24.3 Å². The molecule has 0 aromatic heterocycles. The topological polar surface area (TPSA) is 146 Å². The van der Waals surface area contributed by atoms with Gasteiger partial charge in [-0.15, -0.1) is 0 Å². The Bertz CT molecular complexity index is 548. The zero-order valence-electron chi connectivity index (χ0n) is 21.5. The molecule has 0 saturated carbocycles. The fraction of sp³-hybridized carbons (Fsp3) is 0.909. The van der Waals surface area contributed by atoms with Crippen molar-refractivity contribution in [3.8, 4) is 0 Å². The number of aliphatic hydroxyl groups excluding tert-OH is 4. The molecule has 2 amide bonds. The van der Waals surface area contributed by atoms with E-state index in [1.165, 1.54) is 10.0 Å². The Morgan fingerprint density at radius 2 is 1.09 bits per heavy atom. The summed E-state index contributed by atoms with van der Waals surface area (Å²) < 4.78 is 0. The minimum Gasteiger partial charge on any atom is -0.396 e. The smallest absolute Gasteiger partial charge is 0.266 e. The largest absolute Gasteiger partial charge is 0.396 e. The van der Waals surface area contributed by atoms with Gasteiger partial charge >= 0.3 is 0 Å². The summed E-state index contributed by atoms with van der Waals surface area (Å²) in [5, 5.41) is 42.2. The molecule has 12 heteroatoms. The fourth-order valence-electron chi connectivity index (χ4n) is 2.68. The maximum atomic E-state index is 12.6. The predicted octanol–water partition coefficient (Wildman–Crippen LogP) is 0.613. The molecule has 0 aromatic carbocycles. The SMILES string of the molecule is CCCN(NCCSSCCNN(CCC)C(=O)C(O)C(C)(C)CO)C(=O)C(O)C(C)(C)CO. The van der Waals surface area contributed by atoms with Gasteiger partial charge in [-0.25, -0.2) is 10.9 Å². The zero-order chi connectivity index (χ0) is 26.4. The van der Waals surface area contributed by atoms with Gasteiger partial charge in [-0.1, -0.05) is 63.1 Å². The molecule has 0 aliphatic rings. The maximum absolute atomic E-state index is 12.6. The van der Waals surface area contributed by atoms with E-state index in [4.69, 9.17) is 0 Å². The number of amides is 2. The maximum Gasteiger partial charge on any atom is 0.266 e. The van der Waals surface area contributed by atoms with Crippen LogP contribution < -0.4 is 10.9 Å². The first-order valence-electron chi connectivity index (χ1n) is 11.8. The number of hydrazine groups is 2. The third-order valence-corrected chi connectivity index (χ3v) is 7.66. The molecule has 0 spiro atoms. The Morgan fingerprint density at radius 3 is 1.35 bits per heavy atom. The van der Waals surface area contributed by atoms with E-state index in [2.05, 4.69) is 10.9 Å². The molecule has 0 heterocycles. The quantitative estimate of drug-likeness (QED) is 0.0804. The third kappa shape index (κ3) is 11.4. The molecule has 2 atom stereocenters. The second-order valence-electron chi connectivity index (χ2n) is 9.54. The summed E-state index contributed by atoms with van der Waals surface area (Å²) in [5.41, 5.74) is 4.29. The van der Waals surface area contributed by atoms with Crippen LogP contribution in [-0.2, 0) is 9.59 Å². The first-order valence-corrected chi connectivity index (χ1v) is 14.3. The first kappa shape index (κ1) is 33.4. The van der Waals surface area contributed by atoms with Crippen LogP contribution in [0.2, 0.25) is 0 Å². The van der Waals surface area contributed by atoms with E-state index in [1.54, 1.807) is 49.3 Å². The number of nitrogens with zero attached hydrogens (tertiary/aromatic N) is 2. The fourth-order valence-corrected chi connectivity index (χ4v) is 4.47. The highest BCUT2D eigenvalue weighted by atomic mass is 33.1. The number of rotatable bonds is 19. The molecule has 0 aliphatic carbocycles. The number of carbonyl (C=O) groups is 2. The van der Waals surface area contributed by atoms with Gasteiger partial charge in [0.2, 0.25) is 0 Å². The summed E-state index contributed by atoms with van der Waals surface area (Å²) >= 11 is 0. The van der Waals surface area contributed by atoms with Crippen molar-refractivity contribution in [1.29, 1.82) is 0 Å². The van der Waals surface area contributed by atoms with Gasteiger partial charge in [0.15, 0.2) is 0 Å². The highest BCUT2D eigenvalue weighted by Crippen LogP contribution is 2.23. The molecule has 0 aromatic rings. The molecular weight excluding hydrogens is 480 g/mol. The molecule has 34 heavy (non-hydrogen) atoms. The van der Waals surface area contributed by atoms with Gasteiger partial charge in [-0.05, 0) is 12.8 Å². The van der Waals surface area contributed by atoms with Crippen molar-refractivity contribution >= 4 is 33.4 Å². The lowest BCUT2D eigenvalue weighted by molar-refractivity contribution is -0.152. The van der Waals surface area contributed by atoms with Crippen molar-refractivity contribution in [2.45, 2.75) is 66.6 Å². The van der Waals surface area contributed by atoms with Crippen LogP contribution in [0.5, 0.6) is 0 Å². The van der Waals surface area contributed by atoms with Crippen LogP contribution in [0.4, 0.5) is 0 Å². The van der Waals surface area contributed by atoms with E-state index < -0.39 is 34.9 Å². The summed E-state index contributed by atoms with van der Waals surface area (Å²) in [6, 6.07) is 0. The Morgan fingerprint density at radius 1 is 0.765 bits per heavy atom. The molecule has 202 valence electrons. The highest BCUT2D eigenvalue weighted by molar-refractivity contribution is 8.76. The molecule has 0 saturated heterocycles. The van der Waals surface area contributed by atoms with Gasteiger partial charge in [0.1, 0.15) is 12.2 Å². The Labute approximate surface area is 212 Å². The van der Waals surface area contributed by atoms with Gasteiger partial charge in [0.05, 0.1) is 13.2 Å². The van der Waals surface area contributed by atoms with Crippen LogP contribution in [0.3, 0.4) is 0 Å². The van der Waals surface area contributed by atoms with Crippen molar-refractivity contribution in [2.75, 3.05) is 50.9 Å². The molecule has 0 rings (SSSR count). The summed E-state index contributed by atoms with van der Waals surface area (Å²) in [4.78, 5) is 25.1. The van der Waals surface area contributed by atoms with Crippen molar-refractivity contribution in [1.82, 2.24) is 20.9 Å². The summed E-state index contributed by atoms with van der Waals surface area (Å²) in [5.74, 6) is 0.544. The molecular formula is C22H46N4O6S2. The number of hydrogen-bond donors (Lipinski definition) is 6. The van der Waals surface area contributed by atoms with Gasteiger partial charge in [0, 0.05) is 48.5 Å². The van der Waals surface area contributed by atoms with Gasteiger partial charge in [-0.3, -0.25) is 19.6 Å². The normalized spacial score (nSPS) is 14.1. The second-order valence-corrected chi connectivity index (χ2v) is 12.2. The summed E-state index contributed by atoms with van der Waals surface area (Å²) in [6.07, 6.45) is -1.12. The average molecular weight is 527 g/mol. The van der Waals surface area contributed by atoms with Crippen LogP contribution in [0.1, 0.15) is 54.4 Å². The van der Waals surface area contributed by atoms with Gasteiger partial charge < -0.3 is 20.4 Å². The van der Waals surface area contributed by atoms with Crippen molar-refractivity contribution in [3.05, 3.63) is 0 Å². The lowest BCUT2D eigenvalue weighted by Gasteiger charge is -2.32. The predicted molar refractivity (Wildman–Crippen MR) is 139 cm³/mol. The van der Waals surface area contributed by atoms with Crippen molar-refractivity contribution in [3.63, 3.8) is 0 Å². The monoisotopic (exact) mass is 526 g/mol. The molecule has 0 radical (unpaired) electrons. The first-order chi connectivity index (χ1) is 15.9. The van der Waals surface area contributed by atoms with Gasteiger partial charge in [0.25, 0.3) is 11.8 Å². The molecule has 0 fully saturated rings.